The predicted molar refractivity (Wildman–Crippen MR) is 124 cm³/mol. The zero-order valence-corrected chi connectivity index (χ0v) is 19.7. The van der Waals surface area contributed by atoms with Crippen LogP contribution in [0.25, 0.3) is 0 Å². The minimum Gasteiger partial charge on any atom is -0.351 e. The first-order valence-corrected chi connectivity index (χ1v) is 13.0. The van der Waals surface area contributed by atoms with E-state index < -0.39 is 15.8 Å². The molecule has 3 heterocycles. The topological polar surface area (TPSA) is 102 Å². The third-order valence-electron chi connectivity index (χ3n) is 7.03. The molecule has 3 atom stereocenters. The van der Waals surface area contributed by atoms with Gasteiger partial charge < -0.3 is 10.2 Å². The Labute approximate surface area is 193 Å². The van der Waals surface area contributed by atoms with Gasteiger partial charge in [0.25, 0.3) is 0 Å². The highest BCUT2D eigenvalue weighted by Crippen LogP contribution is 2.35. The van der Waals surface area contributed by atoms with E-state index in [0.29, 0.717) is 42.2 Å². The third kappa shape index (κ3) is 3.96. The fourth-order valence-electron chi connectivity index (χ4n) is 5.38. The first-order valence-electron chi connectivity index (χ1n) is 11.6. The fraction of sp³-hybridized carbons (Fsp3) is 0.545. The second kappa shape index (κ2) is 8.79. The maximum Gasteiger partial charge on any atom is 0.243 e. The van der Waals surface area contributed by atoms with Gasteiger partial charge in [-0.3, -0.25) is 10.9 Å². The molecule has 33 heavy (non-hydrogen) atoms. The summed E-state index contributed by atoms with van der Waals surface area (Å²) < 4.78 is 41.8. The van der Waals surface area contributed by atoms with Crippen molar-refractivity contribution >= 4 is 27.5 Å². The van der Waals surface area contributed by atoms with Crippen LogP contribution >= 0.6 is 0 Å². The van der Waals surface area contributed by atoms with E-state index in [2.05, 4.69) is 26.1 Å². The minimum atomic E-state index is -3.49. The third-order valence-corrected chi connectivity index (χ3v) is 9.03. The van der Waals surface area contributed by atoms with Crippen LogP contribution in [0.3, 0.4) is 0 Å². The van der Waals surface area contributed by atoms with Crippen molar-refractivity contribution in [1.82, 2.24) is 25.1 Å². The maximum atomic E-state index is 14.9. The lowest BCUT2D eigenvalue weighted by Crippen LogP contribution is -2.49. The normalized spacial score (nSPS) is 26.1. The summed E-state index contributed by atoms with van der Waals surface area (Å²) in [5, 5.41) is 3.08. The Morgan fingerprint density at radius 2 is 2.15 bits per heavy atom. The van der Waals surface area contributed by atoms with E-state index in [1.807, 2.05) is 18.7 Å². The lowest BCUT2D eigenvalue weighted by atomic mass is 9.81. The van der Waals surface area contributed by atoms with Gasteiger partial charge in [0.05, 0.1) is 11.1 Å². The van der Waals surface area contributed by atoms with Crippen molar-refractivity contribution in [2.75, 3.05) is 29.9 Å². The Bertz CT molecular complexity index is 1150. The summed E-state index contributed by atoms with van der Waals surface area (Å²) in [7, 11) is -3.49. The van der Waals surface area contributed by atoms with Crippen LogP contribution in [0.5, 0.6) is 0 Å². The molecule has 178 valence electrons. The van der Waals surface area contributed by atoms with Gasteiger partial charge in [-0.1, -0.05) is 13.0 Å². The van der Waals surface area contributed by atoms with Gasteiger partial charge in [0, 0.05) is 49.9 Å². The van der Waals surface area contributed by atoms with Crippen LogP contribution in [-0.4, -0.2) is 54.4 Å². The second-order valence-corrected chi connectivity index (χ2v) is 10.7. The number of sulfonamides is 1. The summed E-state index contributed by atoms with van der Waals surface area (Å²) in [6, 6.07) is 5.77. The molecule has 0 amide bonds. The summed E-state index contributed by atoms with van der Waals surface area (Å²) >= 11 is 0. The van der Waals surface area contributed by atoms with Gasteiger partial charge in [0.2, 0.25) is 16.0 Å². The Hall–Kier alpha value is -2.34. The molecule has 3 unspecified atom stereocenters. The number of hydrazine groups is 1. The molecule has 0 bridgehead atoms. The summed E-state index contributed by atoms with van der Waals surface area (Å²) in [5.74, 6) is 0.438. The molecule has 2 fully saturated rings. The summed E-state index contributed by atoms with van der Waals surface area (Å²) in [5.41, 5.74) is 7.92. The first kappa shape index (κ1) is 22.5. The van der Waals surface area contributed by atoms with Crippen molar-refractivity contribution in [2.24, 2.45) is 5.92 Å². The zero-order chi connectivity index (χ0) is 23.2. The molecule has 5 rings (SSSR count). The van der Waals surface area contributed by atoms with E-state index in [1.165, 1.54) is 10.5 Å². The summed E-state index contributed by atoms with van der Waals surface area (Å²) in [6.07, 6.45) is 4.36. The number of fused-ring (bicyclic) bond motifs is 2. The molecule has 1 aromatic heterocycles. The number of aromatic nitrogens is 2. The van der Waals surface area contributed by atoms with Gasteiger partial charge in [0.15, 0.2) is 11.6 Å². The van der Waals surface area contributed by atoms with E-state index >= 15 is 0 Å². The molecule has 2 aromatic rings. The number of halogens is 1. The highest BCUT2D eigenvalue weighted by atomic mass is 32.2. The van der Waals surface area contributed by atoms with Crippen molar-refractivity contribution in [3.8, 4) is 0 Å². The Morgan fingerprint density at radius 3 is 2.94 bits per heavy atom. The van der Waals surface area contributed by atoms with Crippen LogP contribution in [0.15, 0.2) is 29.3 Å². The van der Waals surface area contributed by atoms with Crippen LogP contribution in [0.1, 0.15) is 38.7 Å². The van der Waals surface area contributed by atoms with Gasteiger partial charge in [-0.25, -0.2) is 17.8 Å². The molecular weight excluding hydrogens is 445 g/mol. The maximum absolute atomic E-state index is 14.9. The largest absolute Gasteiger partial charge is 0.351 e. The Morgan fingerprint density at radius 1 is 1.30 bits per heavy atom. The van der Waals surface area contributed by atoms with E-state index in [-0.39, 0.29) is 17.8 Å². The van der Waals surface area contributed by atoms with Crippen LogP contribution in [0.2, 0.25) is 0 Å². The second-order valence-electron chi connectivity index (χ2n) is 8.82. The Balaban J connectivity index is 1.42. The zero-order valence-electron chi connectivity index (χ0n) is 18.9. The average molecular weight is 476 g/mol. The lowest BCUT2D eigenvalue weighted by Gasteiger charge is -2.40. The van der Waals surface area contributed by atoms with Gasteiger partial charge >= 0.3 is 0 Å². The van der Waals surface area contributed by atoms with E-state index in [9.17, 15) is 12.8 Å². The molecule has 1 saturated heterocycles. The molecule has 3 aliphatic rings. The molecule has 0 spiro atoms. The average Bonchev–Trinajstić information content (AvgIpc) is 3.39. The highest BCUT2D eigenvalue weighted by Gasteiger charge is 2.40. The van der Waals surface area contributed by atoms with Crippen molar-refractivity contribution in [3.63, 3.8) is 0 Å². The number of nitrogens with zero attached hydrogens (tertiary/aromatic N) is 4. The first-order chi connectivity index (χ1) is 15.9. The molecule has 1 saturated carbocycles. The van der Waals surface area contributed by atoms with Crippen molar-refractivity contribution in [1.29, 1.82) is 0 Å². The summed E-state index contributed by atoms with van der Waals surface area (Å²) in [6.45, 7) is 6.11. The van der Waals surface area contributed by atoms with Crippen LogP contribution in [-0.2, 0) is 16.6 Å². The van der Waals surface area contributed by atoms with Crippen molar-refractivity contribution < 1.29 is 12.8 Å². The summed E-state index contributed by atoms with van der Waals surface area (Å²) in [4.78, 5) is 11.0. The van der Waals surface area contributed by atoms with Crippen LogP contribution < -0.4 is 21.1 Å². The number of benzene rings is 1. The van der Waals surface area contributed by atoms with E-state index in [4.69, 9.17) is 0 Å². The molecule has 9 nitrogen and oxygen atoms in total. The van der Waals surface area contributed by atoms with Crippen molar-refractivity contribution in [3.05, 3.63) is 35.8 Å². The molecule has 3 N–H and O–H groups in total. The number of nitrogens with one attached hydrogen (secondary N) is 3. The molecule has 2 aliphatic heterocycles. The predicted octanol–water partition coefficient (Wildman–Crippen LogP) is 2.35. The quantitative estimate of drug-likeness (QED) is 0.585. The fourth-order valence-corrected chi connectivity index (χ4v) is 7.05. The molecule has 0 radical (unpaired) electrons. The molecular formula is C22H30FN7O2S. The van der Waals surface area contributed by atoms with E-state index in [1.54, 1.807) is 18.2 Å². The van der Waals surface area contributed by atoms with Gasteiger partial charge in [-0.2, -0.15) is 9.29 Å². The van der Waals surface area contributed by atoms with Gasteiger partial charge in [-0.05, 0) is 43.9 Å². The highest BCUT2D eigenvalue weighted by molar-refractivity contribution is 7.89. The van der Waals surface area contributed by atoms with E-state index in [0.717, 1.165) is 31.4 Å². The number of hydrogen-bond acceptors (Lipinski definition) is 8. The lowest BCUT2D eigenvalue weighted by molar-refractivity contribution is 0.278. The van der Waals surface area contributed by atoms with Crippen LogP contribution in [0, 0.1) is 11.7 Å². The molecule has 1 aromatic carbocycles. The number of hydrogen-bond donors (Lipinski definition) is 3. The minimum absolute atomic E-state index is 0.179. The number of anilines is 3. The Kier molecular flexibility index (Phi) is 5.98. The smallest absolute Gasteiger partial charge is 0.243 e. The van der Waals surface area contributed by atoms with Gasteiger partial charge in [-0.15, -0.1) is 0 Å². The standard InChI is InChI=1S/C22H30FN7O2S/c1-3-29-13-14-8-9-15(10-20(14)33(29,31)32)26-22-24-12-17(23)21(27-22)30(4-2)19-7-5-6-18-16(19)11-25-28-18/h8-10,12,16,18-19,25,28H,3-7,11,13H2,1-2H3,(H,24,26,27). The molecule has 1 aliphatic carbocycles. The van der Waals surface area contributed by atoms with Crippen LogP contribution in [0.4, 0.5) is 21.8 Å². The van der Waals surface area contributed by atoms with Gasteiger partial charge in [0.1, 0.15) is 0 Å². The SMILES string of the molecule is CCN(c1nc(Nc2ccc3c(c2)S(=O)(=O)N(CC)C3)ncc1F)C1CCCC2NNCC21. The molecule has 11 heteroatoms. The number of rotatable bonds is 6. The monoisotopic (exact) mass is 475 g/mol. The van der Waals surface area contributed by atoms with Crippen molar-refractivity contribution in [2.45, 2.75) is 56.6 Å².